The molecule has 0 heterocycles. The van der Waals surface area contributed by atoms with Crippen LogP contribution in [-0.4, -0.2) is 38.1 Å². The van der Waals surface area contributed by atoms with Crippen LogP contribution in [0, 0.1) is 0 Å². The molecule has 0 amide bonds. The van der Waals surface area contributed by atoms with Crippen LogP contribution in [0.1, 0.15) is 5.56 Å². The van der Waals surface area contributed by atoms with Gasteiger partial charge in [-0.15, -0.1) is 0 Å². The Balaban J connectivity index is 2.94. The fraction of sp³-hybridized carbons (Fsp3) is 0.300. The van der Waals surface area contributed by atoms with E-state index >= 15 is 0 Å². The van der Waals surface area contributed by atoms with Crippen molar-refractivity contribution in [1.29, 1.82) is 0 Å². The summed E-state index contributed by atoms with van der Waals surface area (Å²) in [6.07, 6.45) is -0.139. The molecule has 6 N–H and O–H groups in total. The van der Waals surface area contributed by atoms with E-state index in [1.807, 2.05) is 0 Å². The predicted molar refractivity (Wildman–Crippen MR) is 63.5 cm³/mol. The lowest BCUT2D eigenvalue weighted by Gasteiger charge is -2.22. The van der Waals surface area contributed by atoms with Crippen LogP contribution in [0.5, 0.6) is 0 Å². The summed E-state index contributed by atoms with van der Waals surface area (Å²) in [4.78, 5) is 28.7. The van der Waals surface area contributed by atoms with Gasteiger partial charge >= 0.3 is 13.6 Å². The average molecular weight is 275 g/mol. The maximum Gasteiger partial charge on any atom is 0.356 e. The van der Waals surface area contributed by atoms with Gasteiger partial charge in [0.25, 0.3) is 0 Å². The van der Waals surface area contributed by atoms with Crippen LogP contribution >= 0.6 is 7.60 Å². The Labute approximate surface area is 103 Å². The van der Waals surface area contributed by atoms with Crippen LogP contribution in [0.2, 0.25) is 0 Å². The van der Waals surface area contributed by atoms with E-state index in [-0.39, 0.29) is 11.7 Å². The normalized spacial score (nSPS) is 15.1. The van der Waals surface area contributed by atoms with Gasteiger partial charge in [0.1, 0.15) is 5.54 Å². The highest BCUT2D eigenvalue weighted by atomic mass is 31.2. The molecular formula is C10H14NO6P. The fourth-order valence-electron chi connectivity index (χ4n) is 1.37. The lowest BCUT2D eigenvalue weighted by molar-refractivity contribution is -0.144. The first-order valence-corrected chi connectivity index (χ1v) is 6.58. The zero-order valence-electron chi connectivity index (χ0n) is 9.35. The third-order valence-corrected chi connectivity index (χ3v) is 3.47. The van der Waals surface area contributed by atoms with E-state index in [9.17, 15) is 9.36 Å². The summed E-state index contributed by atoms with van der Waals surface area (Å²) in [5.41, 5.74) is 4.15. The van der Waals surface area contributed by atoms with E-state index in [2.05, 4.69) is 0 Å². The maximum atomic E-state index is 10.9. The number of carboxylic acid groups (broad SMARTS) is 1. The molecule has 7 nitrogen and oxygen atoms in total. The van der Waals surface area contributed by atoms with E-state index in [0.717, 1.165) is 0 Å². The number of aliphatic carboxylic acids is 1. The number of aliphatic hydroxyl groups is 1. The number of hydrogen-bond donors (Lipinski definition) is 5. The van der Waals surface area contributed by atoms with Crippen LogP contribution in [0.3, 0.4) is 0 Å². The van der Waals surface area contributed by atoms with Gasteiger partial charge in [-0.2, -0.15) is 0 Å². The summed E-state index contributed by atoms with van der Waals surface area (Å²) in [6.45, 7) is -0.734. The quantitative estimate of drug-likeness (QED) is 0.425. The van der Waals surface area contributed by atoms with Gasteiger partial charge in [-0.3, -0.25) is 9.36 Å². The molecule has 0 aliphatic heterocycles. The fourth-order valence-corrected chi connectivity index (χ4v) is 1.91. The molecule has 0 saturated heterocycles. The summed E-state index contributed by atoms with van der Waals surface area (Å²) in [5.74, 6) is -1.34. The van der Waals surface area contributed by atoms with Crippen LogP contribution < -0.4 is 11.0 Å². The molecule has 1 rings (SSSR count). The van der Waals surface area contributed by atoms with Crippen molar-refractivity contribution in [3.63, 3.8) is 0 Å². The highest BCUT2D eigenvalue weighted by Gasteiger charge is 2.33. The van der Waals surface area contributed by atoms with E-state index < -0.39 is 25.7 Å². The number of aliphatic hydroxyl groups excluding tert-OH is 1. The van der Waals surface area contributed by atoms with Crippen LogP contribution in [0.25, 0.3) is 0 Å². The molecule has 1 aromatic carbocycles. The lowest BCUT2D eigenvalue weighted by atomic mass is 9.93. The summed E-state index contributed by atoms with van der Waals surface area (Å²) in [7, 11) is -4.31. The van der Waals surface area contributed by atoms with Crippen molar-refractivity contribution >= 4 is 18.9 Å². The highest BCUT2D eigenvalue weighted by molar-refractivity contribution is 7.60. The molecule has 8 heteroatoms. The standard InChI is InChI=1S/C10H14NO6P/c11-10(6-12,9(13)14)5-7-1-3-8(4-2-7)18(15,16)17/h1-4,12H,5-6,11H2,(H,13,14)(H2,15,16,17)/t10-/m1/s1. The zero-order chi connectivity index (χ0) is 14.0. The van der Waals surface area contributed by atoms with Gasteiger partial charge in [0.2, 0.25) is 0 Å². The average Bonchev–Trinajstić information content (AvgIpc) is 2.28. The van der Waals surface area contributed by atoms with Crippen LogP contribution in [0.15, 0.2) is 24.3 Å². The van der Waals surface area contributed by atoms with Gasteiger partial charge in [-0.05, 0) is 17.7 Å². The van der Waals surface area contributed by atoms with E-state index in [1.54, 1.807) is 0 Å². The van der Waals surface area contributed by atoms with E-state index in [4.69, 9.17) is 25.7 Å². The largest absolute Gasteiger partial charge is 0.480 e. The number of carbonyl (C=O) groups is 1. The second kappa shape index (κ2) is 5.17. The molecule has 18 heavy (non-hydrogen) atoms. The third kappa shape index (κ3) is 3.38. The Morgan fingerprint density at radius 2 is 1.78 bits per heavy atom. The molecular weight excluding hydrogens is 261 g/mol. The van der Waals surface area contributed by atoms with Gasteiger partial charge in [0.15, 0.2) is 0 Å². The number of rotatable bonds is 5. The van der Waals surface area contributed by atoms with Crippen molar-refractivity contribution in [3.05, 3.63) is 29.8 Å². The van der Waals surface area contributed by atoms with Crippen molar-refractivity contribution in [2.75, 3.05) is 6.61 Å². The minimum Gasteiger partial charge on any atom is -0.480 e. The monoisotopic (exact) mass is 275 g/mol. The Morgan fingerprint density at radius 1 is 1.28 bits per heavy atom. The molecule has 0 bridgehead atoms. The minimum atomic E-state index is -4.31. The van der Waals surface area contributed by atoms with Crippen molar-refractivity contribution in [1.82, 2.24) is 0 Å². The van der Waals surface area contributed by atoms with Gasteiger partial charge in [0.05, 0.1) is 11.9 Å². The smallest absolute Gasteiger partial charge is 0.356 e. The first-order chi connectivity index (χ1) is 8.19. The Bertz CT molecular complexity index is 482. The predicted octanol–water partition coefficient (Wildman–Crippen LogP) is -1.19. The van der Waals surface area contributed by atoms with Crippen LogP contribution in [-0.2, 0) is 15.8 Å². The molecule has 0 aromatic heterocycles. The number of carboxylic acids is 1. The Hall–Kier alpha value is -1.24. The Kier molecular flexibility index (Phi) is 4.26. The van der Waals surface area contributed by atoms with Gasteiger partial charge in [-0.25, -0.2) is 0 Å². The summed E-state index contributed by atoms with van der Waals surface area (Å²) >= 11 is 0. The topological polar surface area (TPSA) is 141 Å². The molecule has 0 radical (unpaired) electrons. The minimum absolute atomic E-state index is 0.139. The molecule has 1 atom stereocenters. The van der Waals surface area contributed by atoms with Crippen molar-refractivity contribution in [2.45, 2.75) is 12.0 Å². The van der Waals surface area contributed by atoms with E-state index in [1.165, 1.54) is 24.3 Å². The summed E-state index contributed by atoms with van der Waals surface area (Å²) < 4.78 is 10.9. The molecule has 1 aromatic rings. The SMILES string of the molecule is N[C@@](CO)(Cc1ccc(P(=O)(O)O)cc1)C(=O)O. The van der Waals surface area contributed by atoms with Crippen molar-refractivity contribution in [3.8, 4) is 0 Å². The molecule has 0 spiro atoms. The van der Waals surface area contributed by atoms with Crippen LogP contribution in [0.4, 0.5) is 0 Å². The van der Waals surface area contributed by atoms with E-state index in [0.29, 0.717) is 5.56 Å². The molecule has 0 fully saturated rings. The first kappa shape index (κ1) is 14.8. The van der Waals surface area contributed by atoms with Gasteiger partial charge in [0, 0.05) is 6.42 Å². The highest BCUT2D eigenvalue weighted by Crippen LogP contribution is 2.32. The molecule has 0 saturated carbocycles. The second-order valence-electron chi connectivity index (χ2n) is 4.01. The number of benzene rings is 1. The first-order valence-electron chi connectivity index (χ1n) is 4.97. The second-order valence-corrected chi connectivity index (χ2v) is 5.61. The molecule has 0 aliphatic carbocycles. The lowest BCUT2D eigenvalue weighted by Crippen LogP contribution is -2.53. The molecule has 100 valence electrons. The maximum absolute atomic E-state index is 10.9. The van der Waals surface area contributed by atoms with Crippen molar-refractivity contribution in [2.24, 2.45) is 5.73 Å². The van der Waals surface area contributed by atoms with Crippen molar-refractivity contribution < 1.29 is 29.4 Å². The molecule has 0 aliphatic rings. The zero-order valence-corrected chi connectivity index (χ0v) is 10.2. The number of hydrogen-bond acceptors (Lipinski definition) is 4. The molecule has 0 unspecified atom stereocenters. The number of nitrogens with two attached hydrogens (primary N) is 1. The summed E-state index contributed by atoms with van der Waals surface area (Å²) in [5, 5.41) is 17.7. The Morgan fingerprint density at radius 3 is 2.11 bits per heavy atom. The third-order valence-electron chi connectivity index (χ3n) is 2.50. The summed E-state index contributed by atoms with van der Waals surface area (Å²) in [6, 6.07) is 5.15. The van der Waals surface area contributed by atoms with Gasteiger partial charge in [-0.1, -0.05) is 12.1 Å². The van der Waals surface area contributed by atoms with Gasteiger partial charge < -0.3 is 25.7 Å².